The van der Waals surface area contributed by atoms with Crippen LogP contribution in [0, 0.1) is 0 Å². The Morgan fingerprint density at radius 1 is 0.963 bits per heavy atom. The van der Waals surface area contributed by atoms with Gasteiger partial charge < -0.3 is 14.2 Å². The first-order valence-corrected chi connectivity index (χ1v) is 9.60. The molecule has 1 aliphatic heterocycles. The van der Waals surface area contributed by atoms with Gasteiger partial charge in [-0.05, 0) is 24.3 Å². The Labute approximate surface area is 164 Å². The third-order valence-electron chi connectivity index (χ3n) is 5.01. The van der Waals surface area contributed by atoms with Gasteiger partial charge in [-0.25, -0.2) is 0 Å². The fraction of sp³-hybridized carbons (Fsp3) is 0.227. The highest BCUT2D eigenvalue weighted by atomic mass is 35.5. The molecule has 2 aromatic carbocycles. The Kier molecular flexibility index (Phi) is 5.28. The molecule has 4 rings (SSSR count). The van der Waals surface area contributed by atoms with Crippen molar-refractivity contribution in [1.29, 1.82) is 0 Å². The predicted molar refractivity (Wildman–Crippen MR) is 106 cm³/mol. The molecular formula is C22H22ClN2O2+. The zero-order valence-electron chi connectivity index (χ0n) is 15.0. The fourth-order valence-corrected chi connectivity index (χ4v) is 3.73. The lowest BCUT2D eigenvalue weighted by molar-refractivity contribution is -0.917. The molecule has 1 saturated heterocycles. The highest BCUT2D eigenvalue weighted by Gasteiger charge is 2.26. The van der Waals surface area contributed by atoms with Crippen LogP contribution in [0.5, 0.6) is 0 Å². The molecule has 1 fully saturated rings. The van der Waals surface area contributed by atoms with Crippen LogP contribution < -0.4 is 4.90 Å². The first kappa shape index (κ1) is 17.8. The molecule has 0 atom stereocenters. The molecule has 5 heteroatoms. The van der Waals surface area contributed by atoms with Crippen molar-refractivity contribution in [2.24, 2.45) is 0 Å². The van der Waals surface area contributed by atoms with Gasteiger partial charge in [0.1, 0.15) is 12.3 Å². The average Bonchev–Trinajstić information content (AvgIpc) is 3.19. The lowest BCUT2D eigenvalue weighted by Crippen LogP contribution is -3.13. The number of hydrogen-bond donors (Lipinski definition) is 1. The van der Waals surface area contributed by atoms with Crippen molar-refractivity contribution in [1.82, 2.24) is 4.90 Å². The molecular weight excluding hydrogens is 360 g/mol. The molecule has 4 nitrogen and oxygen atoms in total. The first-order valence-electron chi connectivity index (χ1n) is 9.22. The number of rotatable bonds is 4. The Morgan fingerprint density at radius 2 is 1.67 bits per heavy atom. The highest BCUT2D eigenvalue weighted by Crippen LogP contribution is 2.29. The summed E-state index contributed by atoms with van der Waals surface area (Å²) >= 11 is 6.22. The molecule has 1 aliphatic rings. The molecule has 0 bridgehead atoms. The summed E-state index contributed by atoms with van der Waals surface area (Å²) in [6, 6.07) is 21.5. The van der Waals surface area contributed by atoms with Gasteiger partial charge in [-0.1, -0.05) is 54.1 Å². The zero-order chi connectivity index (χ0) is 18.6. The van der Waals surface area contributed by atoms with Crippen LogP contribution in [0.25, 0.3) is 11.3 Å². The number of furan rings is 1. The number of nitrogens with one attached hydrogen (secondary N) is 1. The summed E-state index contributed by atoms with van der Waals surface area (Å²) in [5, 5.41) is 0.615. The van der Waals surface area contributed by atoms with Gasteiger partial charge >= 0.3 is 0 Å². The standard InChI is InChI=1S/C22H21ClN2O2/c23-19-9-5-4-8-18(19)20-10-11-21(27-20)22(26)25-14-12-24(13-15-25)16-17-6-2-1-3-7-17/h1-11H,12-16H2/p+1. The largest absolute Gasteiger partial charge is 0.451 e. The van der Waals surface area contributed by atoms with Gasteiger partial charge in [0.2, 0.25) is 0 Å². The Hall–Kier alpha value is -2.56. The number of nitrogens with zero attached hydrogens (tertiary/aromatic N) is 1. The van der Waals surface area contributed by atoms with Crippen molar-refractivity contribution < 1.29 is 14.1 Å². The van der Waals surface area contributed by atoms with E-state index in [0.29, 0.717) is 16.5 Å². The van der Waals surface area contributed by atoms with Gasteiger partial charge in [0.25, 0.3) is 5.91 Å². The molecule has 0 saturated carbocycles. The van der Waals surface area contributed by atoms with E-state index < -0.39 is 0 Å². The molecule has 1 amide bonds. The molecule has 138 valence electrons. The lowest BCUT2D eigenvalue weighted by Gasteiger charge is -2.31. The summed E-state index contributed by atoms with van der Waals surface area (Å²) in [7, 11) is 0. The second-order valence-corrected chi connectivity index (χ2v) is 7.26. The molecule has 3 aromatic rings. The van der Waals surface area contributed by atoms with E-state index >= 15 is 0 Å². The maximum absolute atomic E-state index is 12.8. The van der Waals surface area contributed by atoms with Crippen LogP contribution in [0.15, 0.2) is 71.1 Å². The minimum Gasteiger partial charge on any atom is -0.451 e. The molecule has 0 spiro atoms. The monoisotopic (exact) mass is 381 g/mol. The fourth-order valence-electron chi connectivity index (χ4n) is 3.50. The van der Waals surface area contributed by atoms with E-state index in [2.05, 4.69) is 24.3 Å². The number of hydrogen-bond acceptors (Lipinski definition) is 2. The second-order valence-electron chi connectivity index (χ2n) is 6.85. The number of carbonyl (C=O) groups excluding carboxylic acids is 1. The SMILES string of the molecule is O=C(c1ccc(-c2ccccc2Cl)o1)N1CC[NH+](Cc2ccccc2)CC1. The third kappa shape index (κ3) is 4.07. The van der Waals surface area contributed by atoms with Crippen LogP contribution in [0.3, 0.4) is 0 Å². The van der Waals surface area contributed by atoms with Crippen LogP contribution in [0.2, 0.25) is 5.02 Å². The zero-order valence-corrected chi connectivity index (χ0v) is 15.8. The minimum absolute atomic E-state index is 0.0490. The van der Waals surface area contributed by atoms with E-state index in [1.165, 1.54) is 10.5 Å². The van der Waals surface area contributed by atoms with Crippen LogP contribution in [0.1, 0.15) is 16.1 Å². The number of carbonyl (C=O) groups is 1. The molecule has 27 heavy (non-hydrogen) atoms. The quantitative estimate of drug-likeness (QED) is 0.754. The summed E-state index contributed by atoms with van der Waals surface area (Å²) in [5.41, 5.74) is 2.14. The molecule has 0 radical (unpaired) electrons. The number of quaternary nitrogens is 1. The Bertz CT molecular complexity index is 915. The van der Waals surface area contributed by atoms with Crippen molar-refractivity contribution in [3.63, 3.8) is 0 Å². The number of benzene rings is 2. The van der Waals surface area contributed by atoms with E-state index in [4.69, 9.17) is 16.0 Å². The lowest BCUT2D eigenvalue weighted by atomic mass is 10.2. The maximum Gasteiger partial charge on any atom is 0.289 e. The number of piperazine rings is 1. The van der Waals surface area contributed by atoms with Crippen molar-refractivity contribution in [2.45, 2.75) is 6.54 Å². The minimum atomic E-state index is -0.0490. The Balaban J connectivity index is 1.38. The molecule has 0 unspecified atom stereocenters. The summed E-state index contributed by atoms with van der Waals surface area (Å²) in [4.78, 5) is 16.2. The highest BCUT2D eigenvalue weighted by molar-refractivity contribution is 6.33. The van der Waals surface area contributed by atoms with E-state index in [9.17, 15) is 4.79 Å². The van der Waals surface area contributed by atoms with Crippen molar-refractivity contribution in [3.8, 4) is 11.3 Å². The van der Waals surface area contributed by atoms with Gasteiger partial charge in [-0.15, -0.1) is 0 Å². The smallest absolute Gasteiger partial charge is 0.289 e. The van der Waals surface area contributed by atoms with E-state index in [1.807, 2.05) is 41.3 Å². The molecule has 0 aliphatic carbocycles. The van der Waals surface area contributed by atoms with E-state index in [0.717, 1.165) is 38.3 Å². The van der Waals surface area contributed by atoms with Crippen molar-refractivity contribution in [3.05, 3.63) is 83.1 Å². The number of halogens is 1. The predicted octanol–water partition coefficient (Wildman–Crippen LogP) is 3.14. The van der Waals surface area contributed by atoms with Gasteiger partial charge in [0.15, 0.2) is 5.76 Å². The topological polar surface area (TPSA) is 37.9 Å². The summed E-state index contributed by atoms with van der Waals surface area (Å²) in [6.07, 6.45) is 0. The summed E-state index contributed by atoms with van der Waals surface area (Å²) in [5.74, 6) is 0.945. The van der Waals surface area contributed by atoms with Crippen LogP contribution >= 0.6 is 11.6 Å². The van der Waals surface area contributed by atoms with E-state index in [1.54, 1.807) is 6.07 Å². The van der Waals surface area contributed by atoms with E-state index in [-0.39, 0.29) is 5.91 Å². The first-order chi connectivity index (χ1) is 13.2. The van der Waals surface area contributed by atoms with Gasteiger partial charge in [-0.3, -0.25) is 4.79 Å². The van der Waals surface area contributed by atoms with Crippen LogP contribution in [0.4, 0.5) is 0 Å². The Morgan fingerprint density at radius 3 is 2.41 bits per heavy atom. The molecule has 1 aromatic heterocycles. The summed E-state index contributed by atoms with van der Waals surface area (Å²) < 4.78 is 5.81. The van der Waals surface area contributed by atoms with Crippen molar-refractivity contribution >= 4 is 17.5 Å². The van der Waals surface area contributed by atoms with Gasteiger partial charge in [0.05, 0.1) is 31.2 Å². The molecule has 1 N–H and O–H groups in total. The average molecular weight is 382 g/mol. The second kappa shape index (κ2) is 7.99. The maximum atomic E-state index is 12.8. The van der Waals surface area contributed by atoms with Gasteiger partial charge in [-0.2, -0.15) is 0 Å². The number of amides is 1. The third-order valence-corrected chi connectivity index (χ3v) is 5.34. The van der Waals surface area contributed by atoms with Gasteiger partial charge in [0, 0.05) is 11.1 Å². The normalized spacial score (nSPS) is 15.1. The molecule has 2 heterocycles. The van der Waals surface area contributed by atoms with Crippen LogP contribution in [-0.4, -0.2) is 37.0 Å². The van der Waals surface area contributed by atoms with Crippen molar-refractivity contribution in [2.75, 3.05) is 26.2 Å². The summed E-state index contributed by atoms with van der Waals surface area (Å²) in [6.45, 7) is 4.37. The van der Waals surface area contributed by atoms with Crippen LogP contribution in [-0.2, 0) is 6.54 Å².